The molecular weight excluding hydrogens is 288 g/mol. The Morgan fingerprint density at radius 2 is 1.65 bits per heavy atom. The molecule has 1 N–H and O–H groups in total. The first-order valence-electron chi connectivity index (χ1n) is 7.77. The van der Waals surface area contributed by atoms with Crippen molar-refractivity contribution in [3.8, 4) is 5.75 Å². The molecule has 2 aromatic rings. The van der Waals surface area contributed by atoms with Crippen LogP contribution in [0.4, 0.5) is 11.4 Å². The van der Waals surface area contributed by atoms with Crippen LogP contribution in [0.1, 0.15) is 24.2 Å². The van der Waals surface area contributed by atoms with E-state index in [0.29, 0.717) is 18.1 Å². The maximum Gasteiger partial charge on any atom is 0.255 e. The maximum atomic E-state index is 12.2. The topological polar surface area (TPSA) is 41.6 Å². The Bertz CT molecular complexity index is 631. The lowest BCUT2D eigenvalue weighted by Crippen LogP contribution is -2.12. The van der Waals surface area contributed by atoms with E-state index in [-0.39, 0.29) is 5.91 Å². The highest BCUT2D eigenvalue weighted by Crippen LogP contribution is 2.18. The molecule has 2 aromatic carbocycles. The smallest absolute Gasteiger partial charge is 0.255 e. The molecule has 4 nitrogen and oxygen atoms in total. The number of hydrogen-bond donors (Lipinski definition) is 1. The summed E-state index contributed by atoms with van der Waals surface area (Å²) in [4.78, 5) is 14.3. The van der Waals surface area contributed by atoms with Crippen molar-refractivity contribution in [1.82, 2.24) is 0 Å². The molecular formula is C19H24N2O2. The van der Waals surface area contributed by atoms with E-state index in [2.05, 4.69) is 19.2 Å². The molecule has 0 saturated carbocycles. The SMILES string of the molecule is CC(C)COc1ccc(C(=O)Nc2ccc(N(C)C)cc2)cc1. The summed E-state index contributed by atoms with van der Waals surface area (Å²) in [5.74, 6) is 1.13. The van der Waals surface area contributed by atoms with Gasteiger partial charge in [-0.2, -0.15) is 0 Å². The monoisotopic (exact) mass is 312 g/mol. The Morgan fingerprint density at radius 1 is 1.04 bits per heavy atom. The number of ether oxygens (including phenoxy) is 1. The zero-order chi connectivity index (χ0) is 16.8. The fourth-order valence-corrected chi connectivity index (χ4v) is 2.01. The predicted molar refractivity (Wildman–Crippen MR) is 95.5 cm³/mol. The molecule has 0 radical (unpaired) electrons. The van der Waals surface area contributed by atoms with Gasteiger partial charge in [-0.1, -0.05) is 13.8 Å². The Labute approximate surface area is 138 Å². The van der Waals surface area contributed by atoms with E-state index in [4.69, 9.17) is 4.74 Å². The molecule has 4 heteroatoms. The van der Waals surface area contributed by atoms with Crippen molar-refractivity contribution < 1.29 is 9.53 Å². The molecule has 0 aromatic heterocycles. The van der Waals surface area contributed by atoms with Gasteiger partial charge in [0, 0.05) is 31.0 Å². The molecule has 0 heterocycles. The summed E-state index contributed by atoms with van der Waals surface area (Å²) < 4.78 is 5.62. The Hall–Kier alpha value is -2.49. The Kier molecular flexibility index (Phi) is 5.63. The summed E-state index contributed by atoms with van der Waals surface area (Å²) in [6, 6.07) is 14.9. The van der Waals surface area contributed by atoms with Gasteiger partial charge in [0.15, 0.2) is 0 Å². The van der Waals surface area contributed by atoms with Gasteiger partial charge in [0.05, 0.1) is 6.61 Å². The van der Waals surface area contributed by atoms with Gasteiger partial charge in [-0.15, -0.1) is 0 Å². The highest BCUT2D eigenvalue weighted by molar-refractivity contribution is 6.04. The maximum absolute atomic E-state index is 12.2. The molecule has 0 saturated heterocycles. The molecule has 0 atom stereocenters. The minimum atomic E-state index is -0.127. The van der Waals surface area contributed by atoms with Gasteiger partial charge in [-0.3, -0.25) is 4.79 Å². The van der Waals surface area contributed by atoms with Gasteiger partial charge < -0.3 is 15.0 Å². The number of benzene rings is 2. The molecule has 0 fully saturated rings. The van der Waals surface area contributed by atoms with Crippen molar-refractivity contribution in [3.63, 3.8) is 0 Å². The van der Waals surface area contributed by atoms with Gasteiger partial charge in [0.1, 0.15) is 5.75 Å². The lowest BCUT2D eigenvalue weighted by molar-refractivity contribution is 0.102. The lowest BCUT2D eigenvalue weighted by atomic mass is 10.2. The van der Waals surface area contributed by atoms with Crippen LogP contribution in [0.25, 0.3) is 0 Å². The van der Waals surface area contributed by atoms with Crippen molar-refractivity contribution in [2.45, 2.75) is 13.8 Å². The predicted octanol–water partition coefficient (Wildman–Crippen LogP) is 4.04. The Morgan fingerprint density at radius 3 is 2.17 bits per heavy atom. The quantitative estimate of drug-likeness (QED) is 0.875. The summed E-state index contributed by atoms with van der Waals surface area (Å²) in [5.41, 5.74) is 2.48. The van der Waals surface area contributed by atoms with Gasteiger partial charge in [0.2, 0.25) is 0 Å². The highest BCUT2D eigenvalue weighted by Gasteiger charge is 2.07. The summed E-state index contributed by atoms with van der Waals surface area (Å²) in [7, 11) is 3.97. The average molecular weight is 312 g/mol. The summed E-state index contributed by atoms with van der Waals surface area (Å²) in [6.07, 6.45) is 0. The third kappa shape index (κ3) is 5.02. The van der Waals surface area contributed by atoms with Crippen LogP contribution in [-0.2, 0) is 0 Å². The third-order valence-electron chi connectivity index (χ3n) is 3.34. The number of rotatable bonds is 6. The Balaban J connectivity index is 1.97. The van der Waals surface area contributed by atoms with E-state index in [1.807, 2.05) is 55.4 Å². The number of carbonyl (C=O) groups excluding carboxylic acids is 1. The minimum Gasteiger partial charge on any atom is -0.493 e. The molecule has 2 rings (SSSR count). The van der Waals surface area contributed by atoms with Crippen LogP contribution in [-0.4, -0.2) is 26.6 Å². The molecule has 0 aliphatic carbocycles. The standard InChI is InChI=1S/C19H24N2O2/c1-14(2)13-23-18-11-5-15(6-12-18)19(22)20-16-7-9-17(10-8-16)21(3)4/h5-12,14H,13H2,1-4H3,(H,20,22). The van der Waals surface area contributed by atoms with Crippen LogP contribution in [0.15, 0.2) is 48.5 Å². The van der Waals surface area contributed by atoms with E-state index in [1.54, 1.807) is 12.1 Å². The molecule has 0 aliphatic rings. The van der Waals surface area contributed by atoms with Crippen LogP contribution in [0.5, 0.6) is 5.75 Å². The number of carbonyl (C=O) groups is 1. The van der Waals surface area contributed by atoms with Gasteiger partial charge >= 0.3 is 0 Å². The number of anilines is 2. The normalized spacial score (nSPS) is 10.5. The molecule has 122 valence electrons. The molecule has 0 aliphatic heterocycles. The molecule has 0 bridgehead atoms. The first-order valence-corrected chi connectivity index (χ1v) is 7.77. The first-order chi connectivity index (χ1) is 11.0. The van der Waals surface area contributed by atoms with Gasteiger partial charge in [-0.05, 0) is 54.4 Å². The van der Waals surface area contributed by atoms with E-state index in [1.165, 1.54) is 0 Å². The summed E-state index contributed by atoms with van der Waals surface area (Å²) in [5, 5.41) is 2.90. The van der Waals surface area contributed by atoms with E-state index < -0.39 is 0 Å². The van der Waals surface area contributed by atoms with Crippen LogP contribution < -0.4 is 15.0 Å². The largest absolute Gasteiger partial charge is 0.493 e. The molecule has 1 amide bonds. The second-order valence-electron chi connectivity index (χ2n) is 6.12. The van der Waals surface area contributed by atoms with Crippen molar-refractivity contribution in [1.29, 1.82) is 0 Å². The van der Waals surface area contributed by atoms with Crippen LogP contribution >= 0.6 is 0 Å². The number of amides is 1. The zero-order valence-electron chi connectivity index (χ0n) is 14.2. The number of nitrogens with zero attached hydrogens (tertiary/aromatic N) is 1. The fourth-order valence-electron chi connectivity index (χ4n) is 2.01. The van der Waals surface area contributed by atoms with Crippen LogP contribution in [0.3, 0.4) is 0 Å². The molecule has 23 heavy (non-hydrogen) atoms. The van der Waals surface area contributed by atoms with E-state index >= 15 is 0 Å². The second kappa shape index (κ2) is 7.68. The molecule has 0 spiro atoms. The van der Waals surface area contributed by atoms with Crippen LogP contribution in [0.2, 0.25) is 0 Å². The van der Waals surface area contributed by atoms with Crippen molar-refractivity contribution >= 4 is 17.3 Å². The van der Waals surface area contributed by atoms with Gasteiger partial charge in [0.25, 0.3) is 5.91 Å². The minimum absolute atomic E-state index is 0.127. The number of hydrogen-bond acceptors (Lipinski definition) is 3. The van der Waals surface area contributed by atoms with Crippen molar-refractivity contribution in [2.75, 3.05) is 30.9 Å². The number of nitrogens with one attached hydrogen (secondary N) is 1. The van der Waals surface area contributed by atoms with E-state index in [0.717, 1.165) is 17.1 Å². The summed E-state index contributed by atoms with van der Waals surface area (Å²) in [6.45, 7) is 4.87. The first kappa shape index (κ1) is 16.9. The molecule has 0 unspecified atom stereocenters. The van der Waals surface area contributed by atoms with Gasteiger partial charge in [-0.25, -0.2) is 0 Å². The van der Waals surface area contributed by atoms with E-state index in [9.17, 15) is 4.79 Å². The lowest BCUT2D eigenvalue weighted by Gasteiger charge is -2.13. The van der Waals surface area contributed by atoms with Crippen molar-refractivity contribution in [3.05, 3.63) is 54.1 Å². The third-order valence-corrected chi connectivity index (χ3v) is 3.34. The highest BCUT2D eigenvalue weighted by atomic mass is 16.5. The zero-order valence-corrected chi connectivity index (χ0v) is 14.2. The summed E-state index contributed by atoms with van der Waals surface area (Å²) >= 11 is 0. The van der Waals surface area contributed by atoms with Crippen molar-refractivity contribution in [2.24, 2.45) is 5.92 Å². The second-order valence-corrected chi connectivity index (χ2v) is 6.12. The van der Waals surface area contributed by atoms with Crippen LogP contribution in [0, 0.1) is 5.92 Å². The average Bonchev–Trinajstić information content (AvgIpc) is 2.54. The fraction of sp³-hybridized carbons (Fsp3) is 0.316.